The zero-order chi connectivity index (χ0) is 10.8. The molecule has 1 aliphatic carbocycles. The number of carbonyl (C=O) groups excluding carboxylic acids is 1. The SMILES string of the molecule is NCCC1=NN(C2CCCC2O)C(=O)C1. The lowest BCUT2D eigenvalue weighted by atomic mass is 10.2. The smallest absolute Gasteiger partial charge is 0.248 e. The summed E-state index contributed by atoms with van der Waals surface area (Å²) < 4.78 is 0. The summed E-state index contributed by atoms with van der Waals surface area (Å²) in [6.07, 6.45) is 3.24. The molecule has 5 nitrogen and oxygen atoms in total. The van der Waals surface area contributed by atoms with Gasteiger partial charge >= 0.3 is 0 Å². The highest BCUT2D eigenvalue weighted by Gasteiger charge is 2.36. The Kier molecular flexibility index (Phi) is 3.02. The van der Waals surface area contributed by atoms with Crippen LogP contribution in [-0.4, -0.2) is 40.4 Å². The molecule has 2 rings (SSSR count). The van der Waals surface area contributed by atoms with Crippen LogP contribution in [0.3, 0.4) is 0 Å². The van der Waals surface area contributed by atoms with Crippen LogP contribution in [0.2, 0.25) is 0 Å². The number of hydrogen-bond donors (Lipinski definition) is 2. The van der Waals surface area contributed by atoms with Crippen molar-refractivity contribution in [3.05, 3.63) is 0 Å². The van der Waals surface area contributed by atoms with Gasteiger partial charge in [0.15, 0.2) is 0 Å². The molecule has 1 aliphatic heterocycles. The summed E-state index contributed by atoms with van der Waals surface area (Å²) in [5, 5.41) is 15.4. The highest BCUT2D eigenvalue weighted by Crippen LogP contribution is 2.27. The van der Waals surface area contributed by atoms with Crippen molar-refractivity contribution >= 4 is 11.6 Å². The van der Waals surface area contributed by atoms with Gasteiger partial charge in [0.2, 0.25) is 5.91 Å². The average Bonchev–Trinajstić information content (AvgIpc) is 2.73. The van der Waals surface area contributed by atoms with Gasteiger partial charge in [0.05, 0.1) is 18.6 Å². The molecule has 0 spiro atoms. The molecular weight excluding hydrogens is 194 g/mol. The van der Waals surface area contributed by atoms with Crippen LogP contribution in [0.5, 0.6) is 0 Å². The van der Waals surface area contributed by atoms with Crippen molar-refractivity contribution in [1.82, 2.24) is 5.01 Å². The predicted molar refractivity (Wildman–Crippen MR) is 56.2 cm³/mol. The summed E-state index contributed by atoms with van der Waals surface area (Å²) in [5.74, 6) is 0.00407. The molecule has 1 fully saturated rings. The Labute approximate surface area is 88.9 Å². The summed E-state index contributed by atoms with van der Waals surface area (Å²) >= 11 is 0. The normalized spacial score (nSPS) is 31.2. The van der Waals surface area contributed by atoms with Gasteiger partial charge < -0.3 is 10.8 Å². The van der Waals surface area contributed by atoms with Crippen molar-refractivity contribution in [2.45, 2.75) is 44.2 Å². The van der Waals surface area contributed by atoms with Crippen LogP contribution in [0.4, 0.5) is 0 Å². The molecule has 2 atom stereocenters. The summed E-state index contributed by atoms with van der Waals surface area (Å²) in [6, 6.07) is -0.104. The fourth-order valence-corrected chi connectivity index (χ4v) is 2.27. The van der Waals surface area contributed by atoms with Crippen LogP contribution in [0.15, 0.2) is 5.10 Å². The maximum atomic E-state index is 11.7. The summed E-state index contributed by atoms with van der Waals surface area (Å²) in [5.41, 5.74) is 6.27. The fourth-order valence-electron chi connectivity index (χ4n) is 2.27. The minimum absolute atomic E-state index is 0.00407. The Morgan fingerprint density at radius 2 is 2.33 bits per heavy atom. The number of amides is 1. The summed E-state index contributed by atoms with van der Waals surface area (Å²) in [7, 11) is 0. The number of hydrogen-bond acceptors (Lipinski definition) is 4. The number of aliphatic hydroxyl groups excluding tert-OH is 1. The molecule has 0 aromatic carbocycles. The van der Waals surface area contributed by atoms with E-state index in [4.69, 9.17) is 5.73 Å². The van der Waals surface area contributed by atoms with Crippen molar-refractivity contribution in [3.8, 4) is 0 Å². The highest BCUT2D eigenvalue weighted by molar-refractivity contribution is 6.05. The van der Waals surface area contributed by atoms with Gasteiger partial charge in [0.1, 0.15) is 0 Å². The van der Waals surface area contributed by atoms with E-state index in [0.717, 1.165) is 25.0 Å². The minimum Gasteiger partial charge on any atom is -0.391 e. The third-order valence-corrected chi connectivity index (χ3v) is 3.05. The lowest BCUT2D eigenvalue weighted by Crippen LogP contribution is -2.38. The largest absolute Gasteiger partial charge is 0.391 e. The van der Waals surface area contributed by atoms with E-state index in [9.17, 15) is 9.90 Å². The van der Waals surface area contributed by atoms with Crippen molar-refractivity contribution < 1.29 is 9.90 Å². The second-order valence-corrected chi connectivity index (χ2v) is 4.19. The van der Waals surface area contributed by atoms with E-state index >= 15 is 0 Å². The van der Waals surface area contributed by atoms with E-state index in [1.807, 2.05) is 0 Å². The number of rotatable bonds is 3. The Bertz CT molecular complexity index is 290. The first-order chi connectivity index (χ1) is 7.22. The number of nitrogens with zero attached hydrogens (tertiary/aromatic N) is 2. The maximum absolute atomic E-state index is 11.7. The minimum atomic E-state index is -0.407. The molecule has 2 unspecified atom stereocenters. The Hall–Kier alpha value is -0.940. The second-order valence-electron chi connectivity index (χ2n) is 4.19. The summed E-state index contributed by atoms with van der Waals surface area (Å²) in [6.45, 7) is 0.521. The van der Waals surface area contributed by atoms with E-state index in [0.29, 0.717) is 19.4 Å². The van der Waals surface area contributed by atoms with Gasteiger partial charge in [-0.15, -0.1) is 0 Å². The van der Waals surface area contributed by atoms with Gasteiger partial charge in [-0.05, 0) is 25.8 Å². The molecule has 0 aromatic rings. The van der Waals surface area contributed by atoms with E-state index < -0.39 is 6.10 Å². The quantitative estimate of drug-likeness (QED) is 0.680. The molecule has 0 aromatic heterocycles. The molecule has 0 bridgehead atoms. The molecule has 15 heavy (non-hydrogen) atoms. The topological polar surface area (TPSA) is 78.9 Å². The monoisotopic (exact) mass is 211 g/mol. The van der Waals surface area contributed by atoms with Gasteiger partial charge in [-0.25, -0.2) is 5.01 Å². The first kappa shape index (κ1) is 10.6. The molecular formula is C10H17N3O2. The second kappa shape index (κ2) is 4.28. The van der Waals surface area contributed by atoms with Crippen LogP contribution >= 0.6 is 0 Å². The Balaban J connectivity index is 2.05. The molecule has 84 valence electrons. The van der Waals surface area contributed by atoms with Gasteiger partial charge in [-0.2, -0.15) is 5.10 Å². The van der Waals surface area contributed by atoms with Gasteiger partial charge in [-0.1, -0.05) is 0 Å². The highest BCUT2D eigenvalue weighted by atomic mass is 16.3. The molecule has 3 N–H and O–H groups in total. The van der Waals surface area contributed by atoms with Crippen LogP contribution < -0.4 is 5.73 Å². The molecule has 5 heteroatoms. The molecule has 0 saturated heterocycles. The first-order valence-corrected chi connectivity index (χ1v) is 5.49. The molecule has 1 saturated carbocycles. The van der Waals surface area contributed by atoms with Crippen molar-refractivity contribution in [1.29, 1.82) is 0 Å². The zero-order valence-corrected chi connectivity index (χ0v) is 8.72. The van der Waals surface area contributed by atoms with Gasteiger partial charge in [0.25, 0.3) is 0 Å². The lowest BCUT2D eigenvalue weighted by Gasteiger charge is -2.22. The van der Waals surface area contributed by atoms with E-state index in [2.05, 4.69) is 5.10 Å². The molecule has 2 aliphatic rings. The van der Waals surface area contributed by atoms with Crippen molar-refractivity contribution in [2.24, 2.45) is 10.8 Å². The average molecular weight is 211 g/mol. The van der Waals surface area contributed by atoms with Crippen LogP contribution in [0.25, 0.3) is 0 Å². The van der Waals surface area contributed by atoms with Crippen LogP contribution in [-0.2, 0) is 4.79 Å². The molecule has 1 heterocycles. The van der Waals surface area contributed by atoms with E-state index in [1.165, 1.54) is 5.01 Å². The number of nitrogens with two attached hydrogens (primary N) is 1. The number of hydrazone groups is 1. The van der Waals surface area contributed by atoms with Crippen molar-refractivity contribution in [3.63, 3.8) is 0 Å². The zero-order valence-electron chi connectivity index (χ0n) is 8.72. The first-order valence-electron chi connectivity index (χ1n) is 5.49. The number of aliphatic hydroxyl groups is 1. The fraction of sp³-hybridized carbons (Fsp3) is 0.800. The Morgan fingerprint density at radius 1 is 1.53 bits per heavy atom. The van der Waals surface area contributed by atoms with E-state index in [1.54, 1.807) is 0 Å². The Morgan fingerprint density at radius 3 is 2.93 bits per heavy atom. The predicted octanol–water partition coefficient (Wildman–Crippen LogP) is -0.163. The molecule has 0 radical (unpaired) electrons. The third kappa shape index (κ3) is 2.03. The number of carbonyl (C=O) groups is 1. The lowest BCUT2D eigenvalue weighted by molar-refractivity contribution is -0.132. The standard InChI is InChI=1S/C10H17N3O2/c11-5-4-7-6-10(15)13(12-7)8-2-1-3-9(8)14/h8-9,14H,1-6,11H2. The maximum Gasteiger partial charge on any atom is 0.248 e. The van der Waals surface area contributed by atoms with Gasteiger partial charge in [0, 0.05) is 12.1 Å². The summed E-state index contributed by atoms with van der Waals surface area (Å²) in [4.78, 5) is 11.7. The third-order valence-electron chi connectivity index (χ3n) is 3.05. The van der Waals surface area contributed by atoms with Crippen LogP contribution in [0, 0.1) is 0 Å². The van der Waals surface area contributed by atoms with Gasteiger partial charge in [-0.3, -0.25) is 4.79 Å². The van der Waals surface area contributed by atoms with E-state index in [-0.39, 0.29) is 11.9 Å². The molecule has 1 amide bonds. The van der Waals surface area contributed by atoms with Crippen molar-refractivity contribution in [2.75, 3.05) is 6.54 Å². The van der Waals surface area contributed by atoms with Crippen LogP contribution in [0.1, 0.15) is 32.1 Å².